The molecule has 0 atom stereocenters. The first-order valence-corrected chi connectivity index (χ1v) is 12.6. The molecule has 176 valence electrons. The fraction of sp³-hybridized carbons (Fsp3) is 0.333. The highest BCUT2D eigenvalue weighted by atomic mass is 32.1. The first-order valence-electron chi connectivity index (χ1n) is 11.7. The van der Waals surface area contributed by atoms with Crippen molar-refractivity contribution in [3.8, 4) is 11.6 Å². The van der Waals surface area contributed by atoms with Gasteiger partial charge in [-0.1, -0.05) is 29.8 Å². The largest absolute Gasteiger partial charge is 0.437 e. The molecule has 0 unspecified atom stereocenters. The molecule has 34 heavy (non-hydrogen) atoms. The fourth-order valence-electron chi connectivity index (χ4n) is 4.66. The lowest BCUT2D eigenvalue weighted by Crippen LogP contribution is -2.39. The Morgan fingerprint density at radius 1 is 1.03 bits per heavy atom. The number of aromatic nitrogens is 2. The van der Waals surface area contributed by atoms with E-state index in [1.165, 1.54) is 17.7 Å². The minimum Gasteiger partial charge on any atom is -0.437 e. The van der Waals surface area contributed by atoms with Gasteiger partial charge in [-0.2, -0.15) is 4.98 Å². The lowest BCUT2D eigenvalue weighted by Gasteiger charge is -2.32. The van der Waals surface area contributed by atoms with Gasteiger partial charge in [-0.25, -0.2) is 9.37 Å². The Morgan fingerprint density at radius 2 is 1.74 bits per heavy atom. The van der Waals surface area contributed by atoms with Crippen LogP contribution in [0.5, 0.6) is 11.6 Å². The number of aryl methyl sites for hydroxylation is 3. The smallest absolute Gasteiger partial charge is 0.242 e. The van der Waals surface area contributed by atoms with Gasteiger partial charge >= 0.3 is 0 Å². The molecule has 5 rings (SSSR count). The van der Waals surface area contributed by atoms with Gasteiger partial charge in [0.15, 0.2) is 0 Å². The number of likely N-dealkylation sites (tertiary alicyclic amines) is 1. The molecule has 1 saturated heterocycles. The summed E-state index contributed by atoms with van der Waals surface area (Å²) in [5.74, 6) is 1.89. The van der Waals surface area contributed by atoms with Crippen molar-refractivity contribution in [2.75, 3.05) is 18.4 Å². The monoisotopic (exact) mass is 476 g/mol. The number of hydrogen-bond donors (Lipinski definition) is 1. The van der Waals surface area contributed by atoms with E-state index in [-0.39, 0.29) is 5.82 Å². The average molecular weight is 477 g/mol. The fourth-order valence-corrected chi connectivity index (χ4v) is 5.42. The molecule has 4 aromatic rings. The number of fused-ring (bicyclic) bond motifs is 1. The normalized spacial score (nSPS) is 15.1. The molecule has 1 aliphatic rings. The minimum atomic E-state index is -0.190. The maximum absolute atomic E-state index is 13.2. The molecule has 1 N–H and O–H groups in total. The second-order valence-corrected chi connectivity index (χ2v) is 10.1. The number of piperidine rings is 1. The van der Waals surface area contributed by atoms with Gasteiger partial charge in [-0.15, -0.1) is 11.3 Å². The molecule has 1 aliphatic heterocycles. The number of thiophene rings is 1. The number of nitrogens with zero attached hydrogens (tertiary/aromatic N) is 3. The lowest BCUT2D eigenvalue weighted by atomic mass is 10.0. The molecule has 0 saturated carbocycles. The summed E-state index contributed by atoms with van der Waals surface area (Å²) in [6, 6.07) is 13.4. The molecule has 2 aromatic heterocycles. The summed E-state index contributed by atoms with van der Waals surface area (Å²) >= 11 is 1.60. The summed E-state index contributed by atoms with van der Waals surface area (Å²) in [5, 5.41) is 5.57. The van der Waals surface area contributed by atoms with E-state index in [1.54, 1.807) is 11.3 Å². The number of halogens is 1. The van der Waals surface area contributed by atoms with E-state index in [0.717, 1.165) is 65.1 Å². The maximum Gasteiger partial charge on any atom is 0.242 e. The van der Waals surface area contributed by atoms with Crippen LogP contribution in [0.15, 0.2) is 47.8 Å². The Labute approximate surface area is 203 Å². The van der Waals surface area contributed by atoms with Gasteiger partial charge in [0, 0.05) is 25.7 Å². The molecule has 5 nitrogen and oxygen atoms in total. The molecule has 0 aliphatic carbocycles. The maximum atomic E-state index is 13.2. The van der Waals surface area contributed by atoms with Gasteiger partial charge in [0.05, 0.1) is 5.52 Å². The zero-order valence-electron chi connectivity index (χ0n) is 19.8. The van der Waals surface area contributed by atoms with Gasteiger partial charge in [0.2, 0.25) is 11.8 Å². The van der Waals surface area contributed by atoms with Crippen LogP contribution in [0.4, 0.5) is 10.3 Å². The first-order chi connectivity index (χ1) is 16.4. The van der Waals surface area contributed by atoms with E-state index in [9.17, 15) is 4.39 Å². The first kappa shape index (κ1) is 22.7. The Kier molecular flexibility index (Phi) is 6.48. The van der Waals surface area contributed by atoms with Crippen molar-refractivity contribution in [1.29, 1.82) is 0 Å². The minimum absolute atomic E-state index is 0.190. The Hall–Kier alpha value is -3.03. The van der Waals surface area contributed by atoms with Gasteiger partial charge in [0.25, 0.3) is 0 Å². The number of nitrogens with one attached hydrogen (secondary N) is 1. The Bertz CT molecular complexity index is 1270. The summed E-state index contributed by atoms with van der Waals surface area (Å²) in [6.07, 6.45) is 2.00. The van der Waals surface area contributed by atoms with Crippen molar-refractivity contribution >= 4 is 27.5 Å². The highest BCUT2D eigenvalue weighted by Gasteiger charge is 2.21. The molecule has 2 aromatic carbocycles. The SMILES string of the molecule is Cc1cc(C)c(Oc2nc(NC3CCN(Cc4ccc(F)cc4)CC3)nc3ccsc23)c(C)c1. The van der Waals surface area contributed by atoms with Crippen LogP contribution in [-0.4, -0.2) is 34.0 Å². The zero-order chi connectivity index (χ0) is 23.7. The molecule has 0 amide bonds. The third-order valence-electron chi connectivity index (χ3n) is 6.32. The van der Waals surface area contributed by atoms with E-state index in [4.69, 9.17) is 14.7 Å². The lowest BCUT2D eigenvalue weighted by molar-refractivity contribution is 0.211. The van der Waals surface area contributed by atoms with Crippen LogP contribution in [0.3, 0.4) is 0 Å². The highest BCUT2D eigenvalue weighted by Crippen LogP contribution is 2.35. The van der Waals surface area contributed by atoms with Gasteiger partial charge in [-0.05, 0) is 73.9 Å². The number of rotatable bonds is 6. The van der Waals surface area contributed by atoms with E-state index in [2.05, 4.69) is 43.1 Å². The van der Waals surface area contributed by atoms with E-state index >= 15 is 0 Å². The van der Waals surface area contributed by atoms with Gasteiger partial charge < -0.3 is 10.1 Å². The van der Waals surface area contributed by atoms with Gasteiger partial charge in [-0.3, -0.25) is 4.90 Å². The molecule has 7 heteroatoms. The summed E-state index contributed by atoms with van der Waals surface area (Å²) < 4.78 is 20.5. The third-order valence-corrected chi connectivity index (χ3v) is 7.21. The molecule has 3 heterocycles. The number of benzene rings is 2. The van der Waals surface area contributed by atoms with E-state index in [1.807, 2.05) is 23.6 Å². The van der Waals surface area contributed by atoms with Crippen LogP contribution in [-0.2, 0) is 6.54 Å². The molecule has 0 radical (unpaired) electrons. The third kappa shape index (κ3) is 5.05. The van der Waals surface area contributed by atoms with Crippen molar-refractivity contribution in [2.24, 2.45) is 0 Å². The van der Waals surface area contributed by atoms with Crippen molar-refractivity contribution in [3.63, 3.8) is 0 Å². The molecular formula is C27H29FN4OS. The van der Waals surface area contributed by atoms with Crippen LogP contribution >= 0.6 is 11.3 Å². The Morgan fingerprint density at radius 3 is 2.44 bits per heavy atom. The van der Waals surface area contributed by atoms with E-state index < -0.39 is 0 Å². The van der Waals surface area contributed by atoms with Gasteiger partial charge in [0.1, 0.15) is 16.3 Å². The zero-order valence-corrected chi connectivity index (χ0v) is 20.6. The predicted molar refractivity (Wildman–Crippen MR) is 136 cm³/mol. The second-order valence-electron chi connectivity index (χ2n) is 9.14. The summed E-state index contributed by atoms with van der Waals surface area (Å²) in [7, 11) is 0. The summed E-state index contributed by atoms with van der Waals surface area (Å²) in [6.45, 7) is 9.03. The summed E-state index contributed by atoms with van der Waals surface area (Å²) in [5.41, 5.74) is 5.46. The van der Waals surface area contributed by atoms with Crippen molar-refractivity contribution in [3.05, 3.63) is 75.9 Å². The van der Waals surface area contributed by atoms with Crippen LogP contribution in [0.25, 0.3) is 10.2 Å². The van der Waals surface area contributed by atoms with Crippen LogP contribution < -0.4 is 10.1 Å². The number of ether oxygens (including phenoxy) is 1. The van der Waals surface area contributed by atoms with Crippen LogP contribution in [0.1, 0.15) is 35.1 Å². The van der Waals surface area contributed by atoms with E-state index in [0.29, 0.717) is 17.9 Å². The van der Waals surface area contributed by atoms with Crippen molar-refractivity contribution in [1.82, 2.24) is 14.9 Å². The summed E-state index contributed by atoms with van der Waals surface area (Å²) in [4.78, 5) is 11.9. The average Bonchev–Trinajstić information content (AvgIpc) is 3.28. The van der Waals surface area contributed by atoms with Crippen LogP contribution in [0.2, 0.25) is 0 Å². The topological polar surface area (TPSA) is 50.3 Å². The van der Waals surface area contributed by atoms with Crippen molar-refractivity contribution < 1.29 is 9.13 Å². The number of anilines is 1. The quantitative estimate of drug-likeness (QED) is 0.339. The second kappa shape index (κ2) is 9.68. The molecular weight excluding hydrogens is 447 g/mol. The number of hydrogen-bond acceptors (Lipinski definition) is 6. The highest BCUT2D eigenvalue weighted by molar-refractivity contribution is 7.17. The molecule has 0 bridgehead atoms. The molecule has 0 spiro atoms. The predicted octanol–water partition coefficient (Wildman–Crippen LogP) is 6.62. The van der Waals surface area contributed by atoms with Crippen LogP contribution in [0, 0.1) is 26.6 Å². The Balaban J connectivity index is 1.28. The van der Waals surface area contributed by atoms with Crippen molar-refractivity contribution in [2.45, 2.75) is 46.2 Å². The molecule has 1 fully saturated rings. The standard InChI is InChI=1S/C27H29FN4OS/c1-17-14-18(2)24(19(3)15-17)33-26-25-23(10-13-34-25)30-27(31-26)29-22-8-11-32(12-9-22)16-20-4-6-21(28)7-5-20/h4-7,10,13-15,22H,8-9,11-12,16H2,1-3H3,(H,29,30,31).